The zero-order valence-electron chi connectivity index (χ0n) is 13.6. The lowest BCUT2D eigenvalue weighted by molar-refractivity contribution is 0.415. The molecule has 124 valence electrons. The fourth-order valence-electron chi connectivity index (χ4n) is 2.41. The van der Waals surface area contributed by atoms with Crippen LogP contribution in [0, 0.1) is 0 Å². The first kappa shape index (κ1) is 16.9. The van der Waals surface area contributed by atoms with Crippen LogP contribution in [0.4, 0.5) is 0 Å². The predicted molar refractivity (Wildman–Crippen MR) is 98.7 cm³/mol. The highest BCUT2D eigenvalue weighted by molar-refractivity contribution is 7.98. The number of aromatic nitrogens is 3. The van der Waals surface area contributed by atoms with Crippen molar-refractivity contribution in [2.45, 2.75) is 24.4 Å². The normalized spacial score (nSPS) is 10.8. The van der Waals surface area contributed by atoms with E-state index in [9.17, 15) is 0 Å². The molecule has 0 atom stereocenters. The number of halogens is 1. The number of ether oxygens (including phenoxy) is 1. The van der Waals surface area contributed by atoms with Gasteiger partial charge in [0.25, 0.3) is 0 Å². The summed E-state index contributed by atoms with van der Waals surface area (Å²) in [5.74, 6) is 2.41. The summed E-state index contributed by atoms with van der Waals surface area (Å²) in [5, 5.41) is 10.4. The standard InChI is InChI=1S/C18H18ClN3OS/c1-3-22-17(13-8-6-9-15(11-13)23-2)20-21-18(22)24-12-14-7-4-5-10-16(14)19/h4-11H,3,12H2,1-2H3. The minimum Gasteiger partial charge on any atom is -0.497 e. The molecule has 1 heterocycles. The Balaban J connectivity index is 1.85. The summed E-state index contributed by atoms with van der Waals surface area (Å²) in [7, 11) is 1.66. The van der Waals surface area contributed by atoms with Gasteiger partial charge < -0.3 is 9.30 Å². The minimum atomic E-state index is 0.760. The number of methoxy groups -OCH3 is 1. The summed E-state index contributed by atoms with van der Waals surface area (Å²) in [5.41, 5.74) is 2.09. The Morgan fingerprint density at radius 1 is 1.12 bits per heavy atom. The van der Waals surface area contributed by atoms with Crippen LogP contribution in [0.5, 0.6) is 5.75 Å². The topological polar surface area (TPSA) is 39.9 Å². The van der Waals surface area contributed by atoms with E-state index in [1.54, 1.807) is 18.9 Å². The molecule has 3 aromatic rings. The number of nitrogens with zero attached hydrogens (tertiary/aromatic N) is 3. The summed E-state index contributed by atoms with van der Waals surface area (Å²) in [6.45, 7) is 2.89. The van der Waals surface area contributed by atoms with Gasteiger partial charge in [0.15, 0.2) is 11.0 Å². The lowest BCUT2D eigenvalue weighted by Crippen LogP contribution is -2.00. The third-order valence-corrected chi connectivity index (χ3v) is 5.06. The van der Waals surface area contributed by atoms with Gasteiger partial charge >= 0.3 is 0 Å². The fourth-order valence-corrected chi connectivity index (χ4v) is 3.70. The highest BCUT2D eigenvalue weighted by Crippen LogP contribution is 2.29. The van der Waals surface area contributed by atoms with Crippen molar-refractivity contribution in [3.05, 3.63) is 59.1 Å². The molecule has 0 amide bonds. The maximum atomic E-state index is 6.23. The molecule has 0 fully saturated rings. The van der Waals surface area contributed by atoms with E-state index in [1.807, 2.05) is 48.5 Å². The highest BCUT2D eigenvalue weighted by Gasteiger charge is 2.14. The molecule has 0 saturated heterocycles. The smallest absolute Gasteiger partial charge is 0.191 e. The van der Waals surface area contributed by atoms with E-state index < -0.39 is 0 Å². The van der Waals surface area contributed by atoms with E-state index in [2.05, 4.69) is 21.7 Å². The molecule has 4 nitrogen and oxygen atoms in total. The van der Waals surface area contributed by atoms with Gasteiger partial charge in [-0.05, 0) is 30.7 Å². The first-order valence-corrected chi connectivity index (χ1v) is 9.03. The maximum absolute atomic E-state index is 6.23. The van der Waals surface area contributed by atoms with Gasteiger partial charge in [-0.15, -0.1) is 10.2 Å². The third-order valence-electron chi connectivity index (χ3n) is 3.68. The Bertz CT molecular complexity index is 835. The molecule has 0 saturated carbocycles. The molecule has 0 radical (unpaired) electrons. The quantitative estimate of drug-likeness (QED) is 0.586. The van der Waals surface area contributed by atoms with E-state index in [0.29, 0.717) is 0 Å². The van der Waals surface area contributed by atoms with Crippen LogP contribution in [-0.2, 0) is 12.3 Å². The lowest BCUT2D eigenvalue weighted by atomic mass is 10.2. The molecule has 0 unspecified atom stereocenters. The molecule has 0 bridgehead atoms. The Hall–Kier alpha value is -1.98. The maximum Gasteiger partial charge on any atom is 0.191 e. The Morgan fingerprint density at radius 2 is 1.96 bits per heavy atom. The second kappa shape index (κ2) is 7.73. The Labute approximate surface area is 150 Å². The monoisotopic (exact) mass is 359 g/mol. The molecule has 0 aliphatic rings. The Kier molecular flexibility index (Phi) is 5.43. The first-order chi connectivity index (χ1) is 11.7. The van der Waals surface area contributed by atoms with E-state index in [0.717, 1.165) is 45.2 Å². The van der Waals surface area contributed by atoms with Gasteiger partial charge in [0, 0.05) is 22.9 Å². The van der Waals surface area contributed by atoms with Crippen LogP contribution in [-0.4, -0.2) is 21.9 Å². The summed E-state index contributed by atoms with van der Waals surface area (Å²) in [6, 6.07) is 15.7. The van der Waals surface area contributed by atoms with Gasteiger partial charge in [0.1, 0.15) is 5.75 Å². The number of benzene rings is 2. The van der Waals surface area contributed by atoms with Crippen molar-refractivity contribution in [2.75, 3.05) is 7.11 Å². The van der Waals surface area contributed by atoms with Crippen molar-refractivity contribution < 1.29 is 4.74 Å². The number of hydrogen-bond donors (Lipinski definition) is 0. The minimum absolute atomic E-state index is 0.760. The van der Waals surface area contributed by atoms with Crippen LogP contribution in [0.3, 0.4) is 0 Å². The molecule has 0 aliphatic carbocycles. The zero-order valence-corrected chi connectivity index (χ0v) is 15.1. The highest BCUT2D eigenvalue weighted by atomic mass is 35.5. The van der Waals surface area contributed by atoms with E-state index in [1.165, 1.54) is 0 Å². The van der Waals surface area contributed by atoms with Gasteiger partial charge in [-0.25, -0.2) is 0 Å². The SMILES string of the molecule is CCn1c(SCc2ccccc2Cl)nnc1-c1cccc(OC)c1. The summed E-state index contributed by atoms with van der Waals surface area (Å²) >= 11 is 7.87. The average Bonchev–Trinajstić information content (AvgIpc) is 3.04. The number of rotatable bonds is 6. The van der Waals surface area contributed by atoms with Crippen molar-refractivity contribution >= 4 is 23.4 Å². The van der Waals surface area contributed by atoms with E-state index >= 15 is 0 Å². The molecular weight excluding hydrogens is 342 g/mol. The molecule has 2 aromatic carbocycles. The van der Waals surface area contributed by atoms with E-state index in [4.69, 9.17) is 16.3 Å². The van der Waals surface area contributed by atoms with Gasteiger partial charge in [0.05, 0.1) is 7.11 Å². The van der Waals surface area contributed by atoms with Crippen LogP contribution in [0.1, 0.15) is 12.5 Å². The summed E-state index contributed by atoms with van der Waals surface area (Å²) < 4.78 is 7.41. The molecule has 0 N–H and O–H groups in total. The van der Waals surface area contributed by atoms with E-state index in [-0.39, 0.29) is 0 Å². The molecule has 6 heteroatoms. The molecule has 24 heavy (non-hydrogen) atoms. The van der Waals surface area contributed by atoms with Crippen molar-refractivity contribution in [1.82, 2.24) is 14.8 Å². The Morgan fingerprint density at radius 3 is 2.71 bits per heavy atom. The van der Waals surface area contributed by atoms with Crippen LogP contribution < -0.4 is 4.74 Å². The molecular formula is C18H18ClN3OS. The lowest BCUT2D eigenvalue weighted by Gasteiger charge is -2.09. The van der Waals surface area contributed by atoms with Crippen molar-refractivity contribution in [3.8, 4) is 17.1 Å². The molecule has 0 spiro atoms. The zero-order chi connectivity index (χ0) is 16.9. The molecule has 3 rings (SSSR count). The largest absolute Gasteiger partial charge is 0.497 e. The van der Waals surface area contributed by atoms with Gasteiger partial charge in [-0.1, -0.05) is 53.7 Å². The summed E-state index contributed by atoms with van der Waals surface area (Å²) in [4.78, 5) is 0. The third kappa shape index (κ3) is 3.57. The molecule has 0 aliphatic heterocycles. The number of thioether (sulfide) groups is 1. The number of hydrogen-bond acceptors (Lipinski definition) is 4. The van der Waals surface area contributed by atoms with Gasteiger partial charge in [-0.3, -0.25) is 0 Å². The van der Waals surface area contributed by atoms with Crippen LogP contribution in [0.25, 0.3) is 11.4 Å². The fraction of sp³-hybridized carbons (Fsp3) is 0.222. The van der Waals surface area contributed by atoms with Gasteiger partial charge in [-0.2, -0.15) is 0 Å². The average molecular weight is 360 g/mol. The van der Waals surface area contributed by atoms with Crippen molar-refractivity contribution in [2.24, 2.45) is 0 Å². The van der Waals surface area contributed by atoms with Crippen LogP contribution in [0.15, 0.2) is 53.7 Å². The predicted octanol–water partition coefficient (Wildman–Crippen LogP) is 4.92. The summed E-state index contributed by atoms with van der Waals surface area (Å²) in [6.07, 6.45) is 0. The van der Waals surface area contributed by atoms with Gasteiger partial charge in [0.2, 0.25) is 0 Å². The van der Waals surface area contributed by atoms with Crippen LogP contribution >= 0.6 is 23.4 Å². The first-order valence-electron chi connectivity index (χ1n) is 7.66. The van der Waals surface area contributed by atoms with Crippen LogP contribution in [0.2, 0.25) is 5.02 Å². The second-order valence-corrected chi connectivity index (χ2v) is 6.51. The van der Waals surface area contributed by atoms with Crippen molar-refractivity contribution in [3.63, 3.8) is 0 Å². The van der Waals surface area contributed by atoms with Crippen molar-refractivity contribution in [1.29, 1.82) is 0 Å². The second-order valence-electron chi connectivity index (χ2n) is 5.16. The molecule has 1 aromatic heterocycles.